The molecule has 0 aliphatic carbocycles. The van der Waals surface area contributed by atoms with Crippen molar-refractivity contribution in [3.63, 3.8) is 0 Å². The first-order valence-electron chi connectivity index (χ1n) is 15.8. The van der Waals surface area contributed by atoms with E-state index < -0.39 is 31.7 Å². The Bertz CT molecular complexity index is 614. The Morgan fingerprint density at radius 2 is 1.28 bits per heavy atom. The number of rotatable bonds is 26. The lowest BCUT2D eigenvalue weighted by Gasteiger charge is -2.27. The summed E-state index contributed by atoms with van der Waals surface area (Å²) < 4.78 is 28.4. The summed E-state index contributed by atoms with van der Waals surface area (Å²) in [5.74, 6) is -0.549. The van der Waals surface area contributed by atoms with E-state index in [1.165, 1.54) is 89.9 Å². The molecule has 0 saturated heterocycles. The van der Waals surface area contributed by atoms with Crippen LogP contribution in [0.3, 0.4) is 0 Å². The van der Waals surface area contributed by atoms with E-state index in [1.54, 1.807) is 0 Å². The van der Waals surface area contributed by atoms with Crippen molar-refractivity contribution in [2.75, 3.05) is 6.61 Å². The summed E-state index contributed by atoms with van der Waals surface area (Å²) in [7, 11) is -1.43. The third-order valence-corrected chi connectivity index (χ3v) is 7.89. The van der Waals surface area contributed by atoms with Crippen molar-refractivity contribution < 1.29 is 28.7 Å². The molecule has 5 atom stereocenters. The summed E-state index contributed by atoms with van der Waals surface area (Å²) in [5, 5.41) is 10.6. The third-order valence-electron chi connectivity index (χ3n) is 6.96. The van der Waals surface area contributed by atoms with Crippen LogP contribution in [-0.4, -0.2) is 34.9 Å². The zero-order valence-corrected chi connectivity index (χ0v) is 28.0. The van der Waals surface area contributed by atoms with E-state index in [0.29, 0.717) is 12.3 Å². The van der Waals surface area contributed by atoms with Crippen molar-refractivity contribution in [1.82, 2.24) is 0 Å². The van der Waals surface area contributed by atoms with Crippen LogP contribution in [0.25, 0.3) is 0 Å². The van der Waals surface area contributed by atoms with Crippen LogP contribution in [0.4, 0.5) is 0 Å². The van der Waals surface area contributed by atoms with Gasteiger partial charge in [-0.1, -0.05) is 149 Å². The van der Waals surface area contributed by atoms with E-state index in [4.69, 9.17) is 26.8 Å². The van der Waals surface area contributed by atoms with Gasteiger partial charge in [0.1, 0.15) is 5.44 Å². The molecule has 39 heavy (non-hydrogen) atoms. The summed E-state index contributed by atoms with van der Waals surface area (Å²) >= 11 is 4.69. The molecule has 8 heteroatoms. The van der Waals surface area contributed by atoms with Crippen LogP contribution in [0.5, 0.6) is 0 Å². The Balaban J connectivity index is 4.81. The van der Waals surface area contributed by atoms with Gasteiger partial charge in [0.25, 0.3) is 0 Å². The summed E-state index contributed by atoms with van der Waals surface area (Å²) in [6.45, 7) is 12.1. The summed E-state index contributed by atoms with van der Waals surface area (Å²) in [5.41, 5.74) is -3.24. The van der Waals surface area contributed by atoms with Gasteiger partial charge in [0.15, 0.2) is 6.29 Å². The van der Waals surface area contributed by atoms with Gasteiger partial charge < -0.3 is 14.6 Å². The van der Waals surface area contributed by atoms with Gasteiger partial charge >= 0.3 is 20.0 Å². The molecule has 0 saturated carbocycles. The maximum Gasteiger partial charge on any atom is 0.472 e. The second-order valence-corrected chi connectivity index (χ2v) is 13.8. The number of thiol groups is 1. The quantitative estimate of drug-likeness (QED) is 0.0342. The monoisotopic (exact) mass is 593 g/mol. The van der Waals surface area contributed by atoms with Gasteiger partial charge in [0, 0.05) is 0 Å². The van der Waals surface area contributed by atoms with Crippen molar-refractivity contribution in [3.05, 3.63) is 0 Å². The Morgan fingerprint density at radius 1 is 0.821 bits per heavy atom. The highest BCUT2D eigenvalue weighted by atomic mass is 32.1. The topological polar surface area (TPSA) is 82.1 Å². The maximum atomic E-state index is 12.4. The Kier molecular flexibility index (Phi) is 23.3. The molecule has 232 valence electrons. The van der Waals surface area contributed by atoms with Crippen LogP contribution in [0.2, 0.25) is 0 Å². The Morgan fingerprint density at radius 3 is 1.69 bits per heavy atom. The van der Waals surface area contributed by atoms with Crippen molar-refractivity contribution in [2.24, 2.45) is 11.3 Å². The molecule has 0 fully saturated rings. The van der Waals surface area contributed by atoms with Gasteiger partial charge in [-0.25, -0.2) is 4.79 Å². The fourth-order valence-corrected chi connectivity index (χ4v) is 5.34. The fourth-order valence-electron chi connectivity index (χ4n) is 4.57. The Labute approximate surface area is 247 Å². The van der Waals surface area contributed by atoms with Crippen LogP contribution < -0.4 is 0 Å². The van der Waals surface area contributed by atoms with Gasteiger partial charge in [0.2, 0.25) is 0 Å². The molecule has 0 amide bonds. The number of ether oxygens (including phenoxy) is 3. The van der Waals surface area contributed by atoms with Crippen LogP contribution in [-0.2, 0) is 23.6 Å². The van der Waals surface area contributed by atoms with Crippen LogP contribution in [0.15, 0.2) is 0 Å². The van der Waals surface area contributed by atoms with E-state index in [-0.39, 0.29) is 12.0 Å². The normalized spacial score (nSPS) is 16.1. The number of esters is 1. The highest BCUT2D eigenvalue weighted by molar-refractivity contribution is 7.80. The highest BCUT2D eigenvalue weighted by Gasteiger charge is 2.52. The zero-order chi connectivity index (χ0) is 29.6. The zero-order valence-electron chi connectivity index (χ0n) is 26.1. The Hall–Kier alpha value is -0.200. The molecule has 0 aromatic rings. The lowest BCUT2D eigenvalue weighted by atomic mass is 9.91. The minimum atomic E-state index is -2.55. The van der Waals surface area contributed by atoms with Crippen LogP contribution in [0, 0.1) is 11.3 Å². The first kappa shape index (κ1) is 38.8. The molecule has 1 N–H and O–H groups in total. The largest absolute Gasteiger partial charge is 0.472 e. The lowest BCUT2D eigenvalue weighted by molar-refractivity contribution is -0.259. The second-order valence-electron chi connectivity index (χ2n) is 12.4. The minimum absolute atomic E-state index is 0.0770. The lowest BCUT2D eigenvalue weighted by Crippen LogP contribution is -2.42. The fraction of sp³-hybridized carbons (Fsp3) is 0.968. The van der Waals surface area contributed by atoms with Crippen molar-refractivity contribution >= 4 is 27.1 Å². The van der Waals surface area contributed by atoms with Crippen LogP contribution in [0.1, 0.15) is 157 Å². The number of unbranched alkanes of at least 4 members (excludes halogenated alkanes) is 12. The van der Waals surface area contributed by atoms with E-state index >= 15 is 0 Å². The van der Waals surface area contributed by atoms with Gasteiger partial charge in [0.05, 0.1) is 6.61 Å². The molecule has 0 aromatic heterocycles. The third kappa shape index (κ3) is 21.2. The molecule has 0 aliphatic heterocycles. The maximum absolute atomic E-state index is 12.4. The number of hydrogen-bond donors (Lipinski definition) is 2. The van der Waals surface area contributed by atoms with E-state index in [0.717, 1.165) is 19.3 Å². The molecule has 0 aliphatic rings. The van der Waals surface area contributed by atoms with Gasteiger partial charge in [-0.15, -0.1) is 12.6 Å². The van der Waals surface area contributed by atoms with Crippen molar-refractivity contribution in [1.29, 1.82) is 0 Å². The summed E-state index contributed by atoms with van der Waals surface area (Å²) in [6, 6.07) is 0. The molecule has 0 bridgehead atoms. The first-order chi connectivity index (χ1) is 18.5. The minimum Gasteiger partial charge on any atom is -0.458 e. The summed E-state index contributed by atoms with van der Waals surface area (Å²) in [6.07, 6.45) is 20.7. The van der Waals surface area contributed by atoms with E-state index in [2.05, 4.69) is 13.8 Å². The number of hydrogen-bond acceptors (Lipinski definition) is 7. The van der Waals surface area contributed by atoms with Crippen molar-refractivity contribution in [3.8, 4) is 0 Å². The van der Waals surface area contributed by atoms with E-state index in [1.807, 2.05) is 27.7 Å². The average molecular weight is 594 g/mol. The number of carbonyl (C=O) groups excluding carboxylic acids is 1. The SMILES string of the molecule is CCCCCCCCCCCC(CCCCCCC)CC(S)OC(CC)OC(O)([PH+]=O)C(=O)OCC(C)(C)C. The predicted molar refractivity (Wildman–Crippen MR) is 167 cm³/mol. The molecular weight excluding hydrogens is 531 g/mol. The molecule has 6 nitrogen and oxygen atoms in total. The molecule has 0 spiro atoms. The smallest absolute Gasteiger partial charge is 0.458 e. The molecule has 0 aromatic carbocycles. The van der Waals surface area contributed by atoms with Gasteiger partial charge in [-0.05, 0) is 24.2 Å². The molecule has 0 rings (SSSR count). The second kappa shape index (κ2) is 23.4. The number of carbonyl (C=O) groups is 1. The average Bonchev–Trinajstić information content (AvgIpc) is 2.89. The highest BCUT2D eigenvalue weighted by Crippen LogP contribution is 2.30. The standard InChI is InChI=1S/C31H61O6PS/c1-7-10-12-14-15-16-17-19-21-23-26(22-20-18-13-11-8-2)24-28(39)36-27(9-3)37-31(33,38-34)29(32)35-25-30(4,5)6/h26-28,33,39H,7-25H2,1-6H3/p+1. The molecule has 5 unspecified atom stereocenters. The number of aliphatic hydroxyl groups is 1. The van der Waals surface area contributed by atoms with E-state index in [9.17, 15) is 14.5 Å². The predicted octanol–water partition coefficient (Wildman–Crippen LogP) is 9.56. The van der Waals surface area contributed by atoms with Crippen molar-refractivity contribution in [2.45, 2.75) is 174 Å². The van der Waals surface area contributed by atoms with Crippen LogP contribution >= 0.6 is 21.1 Å². The molecule has 0 heterocycles. The summed E-state index contributed by atoms with van der Waals surface area (Å²) in [4.78, 5) is 12.4. The van der Waals surface area contributed by atoms with Gasteiger partial charge in [-0.3, -0.25) is 4.74 Å². The first-order valence-corrected chi connectivity index (χ1v) is 17.2. The molecular formula is C31H62O6PS+. The molecule has 0 radical (unpaired) electrons. The van der Waals surface area contributed by atoms with Gasteiger partial charge in [-0.2, -0.15) is 0 Å².